The van der Waals surface area contributed by atoms with Crippen LogP contribution in [0, 0.1) is 0 Å². The Balaban J connectivity index is 2.67. The second-order valence-corrected chi connectivity index (χ2v) is 7.75. The van der Waals surface area contributed by atoms with Crippen LogP contribution in [0.25, 0.3) is 22.3 Å². The van der Waals surface area contributed by atoms with Crippen LogP contribution in [0.3, 0.4) is 0 Å². The van der Waals surface area contributed by atoms with Gasteiger partial charge in [-0.15, -0.1) is 0 Å². The lowest BCUT2D eigenvalue weighted by Crippen LogP contribution is -2.00. The normalized spacial score (nSPS) is 12.1. The highest BCUT2D eigenvalue weighted by Gasteiger charge is 2.36. The van der Waals surface area contributed by atoms with Crippen molar-refractivity contribution >= 4 is 0 Å². The molecule has 13 N–H and O–H groups in total. The maximum absolute atomic E-state index is 11.2. The van der Waals surface area contributed by atoms with Gasteiger partial charge in [-0.3, -0.25) is 0 Å². The first-order valence-electron chi connectivity index (χ1n) is 9.89. The molecule has 0 amide bonds. The molecule has 3 aromatic carbocycles. The largest absolute Gasteiger partial charge is 0.506 e. The third kappa shape index (κ3) is 3.24. The molecular formula is C22H22O13. The summed E-state index contributed by atoms with van der Waals surface area (Å²) in [4.78, 5) is 0. The van der Waals surface area contributed by atoms with Crippen LogP contribution in [0.4, 0.5) is 0 Å². The van der Waals surface area contributed by atoms with Gasteiger partial charge < -0.3 is 66.4 Å². The lowest BCUT2D eigenvalue weighted by Gasteiger charge is -2.24. The summed E-state index contributed by atoms with van der Waals surface area (Å²) in [7, 11) is 0. The molecule has 0 saturated heterocycles. The molecule has 0 fully saturated rings. The molecule has 3 aromatic rings. The Kier molecular flexibility index (Phi) is 5.73. The molecule has 188 valence electrons. The van der Waals surface area contributed by atoms with E-state index < -0.39 is 103 Å². The first-order valence-corrected chi connectivity index (χ1v) is 9.89. The number of aromatic hydroxyl groups is 13. The van der Waals surface area contributed by atoms with E-state index in [4.69, 9.17) is 0 Å². The third-order valence-corrected chi connectivity index (χ3v) is 5.81. The molecule has 13 nitrogen and oxygen atoms in total. The Morgan fingerprint density at radius 2 is 0.629 bits per heavy atom. The van der Waals surface area contributed by atoms with Crippen molar-refractivity contribution in [3.63, 3.8) is 0 Å². The van der Waals surface area contributed by atoms with Crippen LogP contribution in [0.5, 0.6) is 74.7 Å². The summed E-state index contributed by atoms with van der Waals surface area (Å²) in [5.41, 5.74) is -4.18. The van der Waals surface area contributed by atoms with Gasteiger partial charge in [-0.2, -0.15) is 0 Å². The smallest absolute Gasteiger partial charge is 0.208 e. The van der Waals surface area contributed by atoms with E-state index in [0.29, 0.717) is 0 Å². The minimum Gasteiger partial charge on any atom is -0.506 e. The topological polar surface area (TPSA) is 263 Å². The SMILES string of the molecule is CCC(C)c1c(O)c(O)c(-c2c(O)c(O)c(O)c(O)c2O)c(O)c1-c1c(O)c(O)c(O)c(O)c1O. The maximum Gasteiger partial charge on any atom is 0.208 e. The molecule has 1 unspecified atom stereocenters. The van der Waals surface area contributed by atoms with Crippen molar-refractivity contribution < 1.29 is 66.4 Å². The fourth-order valence-electron chi connectivity index (χ4n) is 3.75. The van der Waals surface area contributed by atoms with E-state index in [1.165, 1.54) is 6.92 Å². The van der Waals surface area contributed by atoms with Crippen LogP contribution in [0.15, 0.2) is 0 Å². The number of hydrogen-bond acceptors (Lipinski definition) is 13. The Morgan fingerprint density at radius 1 is 0.371 bits per heavy atom. The molecule has 13 heteroatoms. The van der Waals surface area contributed by atoms with Crippen molar-refractivity contribution in [2.75, 3.05) is 0 Å². The molecule has 0 radical (unpaired) electrons. The van der Waals surface area contributed by atoms with Crippen LogP contribution in [0.1, 0.15) is 31.7 Å². The molecule has 0 aromatic heterocycles. The summed E-state index contributed by atoms with van der Waals surface area (Å²) < 4.78 is 0. The summed E-state index contributed by atoms with van der Waals surface area (Å²) in [5.74, 6) is -17.6. The minimum absolute atomic E-state index is 0.216. The Bertz CT molecular complexity index is 1320. The molecule has 0 bridgehead atoms. The molecule has 0 spiro atoms. The van der Waals surface area contributed by atoms with Gasteiger partial charge >= 0.3 is 0 Å². The van der Waals surface area contributed by atoms with Gasteiger partial charge in [0.15, 0.2) is 34.5 Å². The van der Waals surface area contributed by atoms with E-state index in [0.717, 1.165) is 0 Å². The molecule has 0 heterocycles. The van der Waals surface area contributed by atoms with Crippen molar-refractivity contribution in [3.8, 4) is 97.0 Å². The standard InChI is InChI=1S/C22H22O13/c1-3-4(2)5-6(7-13(26)17(30)21(34)18(31)14(7)27)10(23)8(12(25)11(5)24)9-15(28)19(32)22(35)20(33)16(9)29/h4,23-35H,3H2,1-2H3. The van der Waals surface area contributed by atoms with Crippen molar-refractivity contribution in [3.05, 3.63) is 5.56 Å². The van der Waals surface area contributed by atoms with E-state index in [-0.39, 0.29) is 12.0 Å². The number of hydrogen-bond donors (Lipinski definition) is 13. The van der Waals surface area contributed by atoms with Gasteiger partial charge in [-0.05, 0) is 12.3 Å². The van der Waals surface area contributed by atoms with Crippen molar-refractivity contribution in [2.45, 2.75) is 26.2 Å². The fraction of sp³-hybridized carbons (Fsp3) is 0.182. The van der Waals surface area contributed by atoms with Crippen molar-refractivity contribution in [1.29, 1.82) is 0 Å². The van der Waals surface area contributed by atoms with Gasteiger partial charge in [-0.25, -0.2) is 0 Å². The van der Waals surface area contributed by atoms with Gasteiger partial charge in [0.25, 0.3) is 0 Å². The van der Waals surface area contributed by atoms with E-state index in [2.05, 4.69) is 0 Å². The Hall–Kier alpha value is -4.94. The number of phenolic OH excluding ortho intramolecular Hbond substituents is 13. The van der Waals surface area contributed by atoms with Crippen LogP contribution >= 0.6 is 0 Å². The van der Waals surface area contributed by atoms with Gasteiger partial charge in [0.2, 0.25) is 34.5 Å². The summed E-state index contributed by atoms with van der Waals surface area (Å²) in [5, 5.41) is 133. The van der Waals surface area contributed by atoms with Gasteiger partial charge in [0.05, 0.1) is 16.7 Å². The molecule has 1 atom stereocenters. The van der Waals surface area contributed by atoms with Crippen molar-refractivity contribution in [2.24, 2.45) is 0 Å². The molecule has 3 rings (SSSR count). The lowest BCUT2D eigenvalue weighted by molar-refractivity contribution is 0.328. The van der Waals surface area contributed by atoms with Gasteiger partial charge in [0, 0.05) is 11.1 Å². The summed E-state index contributed by atoms with van der Waals surface area (Å²) >= 11 is 0. The maximum atomic E-state index is 11.2. The zero-order valence-corrected chi connectivity index (χ0v) is 18.1. The quantitative estimate of drug-likeness (QED) is 0.184. The zero-order valence-electron chi connectivity index (χ0n) is 18.1. The molecule has 35 heavy (non-hydrogen) atoms. The highest BCUT2D eigenvalue weighted by Crippen LogP contribution is 2.64. The number of phenols is 13. The Morgan fingerprint density at radius 3 is 0.971 bits per heavy atom. The van der Waals surface area contributed by atoms with E-state index >= 15 is 0 Å². The molecule has 0 aliphatic rings. The first kappa shape index (κ1) is 24.7. The lowest BCUT2D eigenvalue weighted by atomic mass is 9.83. The van der Waals surface area contributed by atoms with Crippen LogP contribution in [-0.4, -0.2) is 66.4 Å². The third-order valence-electron chi connectivity index (χ3n) is 5.81. The summed E-state index contributed by atoms with van der Waals surface area (Å²) in [6, 6.07) is 0. The van der Waals surface area contributed by atoms with Crippen LogP contribution < -0.4 is 0 Å². The van der Waals surface area contributed by atoms with Crippen LogP contribution in [-0.2, 0) is 0 Å². The monoisotopic (exact) mass is 494 g/mol. The highest BCUT2D eigenvalue weighted by molar-refractivity contribution is 6.00. The zero-order chi connectivity index (χ0) is 26.7. The van der Waals surface area contributed by atoms with E-state index in [9.17, 15) is 66.4 Å². The van der Waals surface area contributed by atoms with Gasteiger partial charge in [0.1, 0.15) is 5.75 Å². The summed E-state index contributed by atoms with van der Waals surface area (Å²) in [6.45, 7) is 3.10. The van der Waals surface area contributed by atoms with Crippen LogP contribution in [0.2, 0.25) is 0 Å². The fourth-order valence-corrected chi connectivity index (χ4v) is 3.75. The van der Waals surface area contributed by atoms with Crippen molar-refractivity contribution in [1.82, 2.24) is 0 Å². The Labute approximate surface area is 195 Å². The second-order valence-electron chi connectivity index (χ2n) is 7.75. The molecule has 0 saturated carbocycles. The molecular weight excluding hydrogens is 472 g/mol. The minimum atomic E-state index is -1.38. The average molecular weight is 494 g/mol. The average Bonchev–Trinajstić information content (AvgIpc) is 2.83. The molecule has 0 aliphatic heterocycles. The number of benzene rings is 3. The predicted molar refractivity (Wildman–Crippen MR) is 118 cm³/mol. The number of rotatable bonds is 4. The predicted octanol–water partition coefficient (Wildman–Crippen LogP) is 2.71. The second kappa shape index (κ2) is 8.13. The van der Waals surface area contributed by atoms with Gasteiger partial charge in [-0.1, -0.05) is 13.8 Å². The summed E-state index contributed by atoms with van der Waals surface area (Å²) in [6.07, 6.45) is 0.216. The first-order chi connectivity index (χ1) is 16.2. The molecule has 0 aliphatic carbocycles. The highest BCUT2D eigenvalue weighted by atomic mass is 16.4. The van der Waals surface area contributed by atoms with E-state index in [1.54, 1.807) is 6.92 Å². The van der Waals surface area contributed by atoms with E-state index in [1.807, 2.05) is 0 Å².